The van der Waals surface area contributed by atoms with Crippen LogP contribution in [0.5, 0.6) is 5.75 Å². The number of hydrogen-bond donors (Lipinski definition) is 1. The molecule has 0 saturated carbocycles. The number of benzene rings is 1. The van der Waals surface area contributed by atoms with E-state index in [2.05, 4.69) is 5.16 Å². The molecule has 1 aromatic heterocycles. The molecule has 0 aliphatic heterocycles. The number of rotatable bonds is 3. The summed E-state index contributed by atoms with van der Waals surface area (Å²) in [5.74, 6) is 0.637. The molecule has 5 heteroatoms. The number of carbonyl (C=O) groups is 1. The van der Waals surface area contributed by atoms with Crippen molar-refractivity contribution in [3.63, 3.8) is 0 Å². The van der Waals surface area contributed by atoms with E-state index in [1.54, 1.807) is 19.2 Å². The van der Waals surface area contributed by atoms with Crippen LogP contribution >= 0.6 is 0 Å². The normalized spacial score (nSPS) is 10.1. The molecule has 16 heavy (non-hydrogen) atoms. The molecular formula is C11H10N2O3. The number of nitrogens with zero attached hydrogens (tertiary/aromatic N) is 1. The van der Waals surface area contributed by atoms with Crippen LogP contribution in [-0.2, 0) is 0 Å². The van der Waals surface area contributed by atoms with Crippen molar-refractivity contribution in [2.75, 3.05) is 7.11 Å². The molecule has 5 nitrogen and oxygen atoms in total. The predicted molar refractivity (Wildman–Crippen MR) is 57.0 cm³/mol. The van der Waals surface area contributed by atoms with Crippen molar-refractivity contribution >= 4 is 5.91 Å². The van der Waals surface area contributed by atoms with E-state index in [4.69, 9.17) is 15.0 Å². The average molecular weight is 218 g/mol. The van der Waals surface area contributed by atoms with E-state index in [1.165, 1.54) is 6.07 Å². The Balaban J connectivity index is 2.31. The van der Waals surface area contributed by atoms with E-state index in [0.29, 0.717) is 5.76 Å². The first-order valence-corrected chi connectivity index (χ1v) is 4.61. The van der Waals surface area contributed by atoms with Crippen molar-refractivity contribution in [3.8, 4) is 17.1 Å². The summed E-state index contributed by atoms with van der Waals surface area (Å²) in [5, 5.41) is 3.55. The van der Waals surface area contributed by atoms with Crippen molar-refractivity contribution in [1.82, 2.24) is 5.16 Å². The molecule has 0 saturated heterocycles. The molecule has 0 unspecified atom stereocenters. The van der Waals surface area contributed by atoms with Gasteiger partial charge in [-0.15, -0.1) is 0 Å². The zero-order chi connectivity index (χ0) is 11.5. The van der Waals surface area contributed by atoms with Crippen molar-refractivity contribution in [2.45, 2.75) is 0 Å². The minimum absolute atomic E-state index is 0.116. The summed E-state index contributed by atoms with van der Waals surface area (Å²) in [6, 6.07) is 8.71. The van der Waals surface area contributed by atoms with E-state index in [-0.39, 0.29) is 5.69 Å². The number of ether oxygens (including phenoxy) is 1. The number of amides is 1. The minimum Gasteiger partial charge on any atom is -0.497 e. The van der Waals surface area contributed by atoms with Crippen LogP contribution in [0.2, 0.25) is 0 Å². The number of nitrogens with two attached hydrogens (primary N) is 1. The van der Waals surface area contributed by atoms with Crippen molar-refractivity contribution in [2.24, 2.45) is 5.73 Å². The molecule has 0 fully saturated rings. The third-order valence-corrected chi connectivity index (χ3v) is 2.14. The van der Waals surface area contributed by atoms with Gasteiger partial charge >= 0.3 is 0 Å². The highest BCUT2D eigenvalue weighted by molar-refractivity contribution is 5.91. The van der Waals surface area contributed by atoms with Gasteiger partial charge in [0, 0.05) is 11.6 Å². The Morgan fingerprint density at radius 1 is 1.38 bits per heavy atom. The van der Waals surface area contributed by atoms with Crippen LogP contribution in [0, 0.1) is 0 Å². The second kappa shape index (κ2) is 4.06. The molecule has 0 atom stereocenters. The molecule has 2 aromatic rings. The van der Waals surface area contributed by atoms with Gasteiger partial charge < -0.3 is 15.0 Å². The zero-order valence-electron chi connectivity index (χ0n) is 8.64. The van der Waals surface area contributed by atoms with Gasteiger partial charge in [-0.2, -0.15) is 0 Å². The molecule has 1 amide bonds. The quantitative estimate of drug-likeness (QED) is 0.845. The second-order valence-electron chi connectivity index (χ2n) is 3.17. The Morgan fingerprint density at radius 2 is 2.06 bits per heavy atom. The maximum atomic E-state index is 10.8. The summed E-state index contributed by atoms with van der Waals surface area (Å²) < 4.78 is 10.0. The maximum Gasteiger partial charge on any atom is 0.270 e. The van der Waals surface area contributed by atoms with Crippen LogP contribution in [0.4, 0.5) is 0 Å². The van der Waals surface area contributed by atoms with Crippen LogP contribution in [-0.4, -0.2) is 18.2 Å². The number of carbonyl (C=O) groups excluding carboxylic acids is 1. The lowest BCUT2D eigenvalue weighted by Crippen LogP contribution is -2.10. The second-order valence-corrected chi connectivity index (χ2v) is 3.17. The molecule has 2 rings (SSSR count). The molecule has 2 N–H and O–H groups in total. The first kappa shape index (κ1) is 10.2. The van der Waals surface area contributed by atoms with Gasteiger partial charge in [-0.25, -0.2) is 0 Å². The fourth-order valence-electron chi connectivity index (χ4n) is 1.28. The fourth-order valence-corrected chi connectivity index (χ4v) is 1.28. The minimum atomic E-state index is -0.608. The summed E-state index contributed by atoms with van der Waals surface area (Å²) in [5.41, 5.74) is 5.99. The molecule has 0 bridgehead atoms. The summed E-state index contributed by atoms with van der Waals surface area (Å²) in [7, 11) is 1.59. The predicted octanol–water partition coefficient (Wildman–Crippen LogP) is 1.45. The van der Waals surface area contributed by atoms with Gasteiger partial charge in [-0.1, -0.05) is 5.16 Å². The van der Waals surface area contributed by atoms with Gasteiger partial charge in [-0.3, -0.25) is 4.79 Å². The Morgan fingerprint density at radius 3 is 2.56 bits per heavy atom. The van der Waals surface area contributed by atoms with Crippen LogP contribution in [0.3, 0.4) is 0 Å². The first-order valence-electron chi connectivity index (χ1n) is 4.61. The fraction of sp³-hybridized carbons (Fsp3) is 0.0909. The van der Waals surface area contributed by atoms with Crippen molar-refractivity contribution < 1.29 is 14.1 Å². The number of aromatic nitrogens is 1. The van der Waals surface area contributed by atoms with E-state index in [9.17, 15) is 4.79 Å². The summed E-state index contributed by atoms with van der Waals surface area (Å²) in [6.45, 7) is 0. The van der Waals surface area contributed by atoms with Crippen LogP contribution in [0.1, 0.15) is 10.5 Å². The highest BCUT2D eigenvalue weighted by Gasteiger charge is 2.10. The highest BCUT2D eigenvalue weighted by atomic mass is 16.5. The molecular weight excluding hydrogens is 208 g/mol. The summed E-state index contributed by atoms with van der Waals surface area (Å²) in [6.07, 6.45) is 0. The average Bonchev–Trinajstić information content (AvgIpc) is 2.78. The maximum absolute atomic E-state index is 10.8. The van der Waals surface area contributed by atoms with Gasteiger partial charge in [0.15, 0.2) is 11.5 Å². The number of methoxy groups -OCH3 is 1. The molecule has 0 radical (unpaired) electrons. The Kier molecular flexibility index (Phi) is 2.59. The SMILES string of the molecule is COc1ccc(-c2cc(C(N)=O)no2)cc1. The van der Waals surface area contributed by atoms with Gasteiger partial charge in [-0.05, 0) is 24.3 Å². The summed E-state index contributed by atoms with van der Waals surface area (Å²) in [4.78, 5) is 10.8. The van der Waals surface area contributed by atoms with Gasteiger partial charge in [0.25, 0.3) is 5.91 Å². The van der Waals surface area contributed by atoms with Gasteiger partial charge in [0.1, 0.15) is 5.75 Å². The van der Waals surface area contributed by atoms with Crippen LogP contribution in [0.15, 0.2) is 34.9 Å². The van der Waals surface area contributed by atoms with E-state index in [1.807, 2.05) is 12.1 Å². The van der Waals surface area contributed by atoms with Crippen molar-refractivity contribution in [3.05, 3.63) is 36.0 Å². The topological polar surface area (TPSA) is 78.4 Å². The van der Waals surface area contributed by atoms with E-state index >= 15 is 0 Å². The molecule has 0 aliphatic carbocycles. The van der Waals surface area contributed by atoms with Crippen LogP contribution in [0.25, 0.3) is 11.3 Å². The van der Waals surface area contributed by atoms with E-state index < -0.39 is 5.91 Å². The van der Waals surface area contributed by atoms with Crippen molar-refractivity contribution in [1.29, 1.82) is 0 Å². The highest BCUT2D eigenvalue weighted by Crippen LogP contribution is 2.22. The standard InChI is InChI=1S/C11H10N2O3/c1-15-8-4-2-7(3-5-8)10-6-9(11(12)14)13-16-10/h2-6H,1H3,(H2,12,14). The van der Waals surface area contributed by atoms with Gasteiger partial charge in [0.05, 0.1) is 7.11 Å². The molecule has 1 heterocycles. The first-order chi connectivity index (χ1) is 7.70. The third kappa shape index (κ3) is 1.88. The molecule has 0 aliphatic rings. The third-order valence-electron chi connectivity index (χ3n) is 2.14. The van der Waals surface area contributed by atoms with Gasteiger partial charge in [0.2, 0.25) is 0 Å². The summed E-state index contributed by atoms with van der Waals surface area (Å²) >= 11 is 0. The molecule has 0 spiro atoms. The zero-order valence-corrected chi connectivity index (χ0v) is 8.64. The lowest BCUT2D eigenvalue weighted by Gasteiger charge is -1.99. The molecule has 1 aromatic carbocycles. The Hall–Kier alpha value is -2.30. The molecule has 82 valence electrons. The Bertz CT molecular complexity index is 502. The van der Waals surface area contributed by atoms with E-state index in [0.717, 1.165) is 11.3 Å². The largest absolute Gasteiger partial charge is 0.497 e. The number of hydrogen-bond acceptors (Lipinski definition) is 4. The lowest BCUT2D eigenvalue weighted by molar-refractivity contribution is 0.0992. The lowest BCUT2D eigenvalue weighted by atomic mass is 10.1. The number of primary amides is 1. The van der Waals surface area contributed by atoms with Crippen LogP contribution < -0.4 is 10.5 Å². The Labute approximate surface area is 91.8 Å². The monoisotopic (exact) mass is 218 g/mol. The smallest absolute Gasteiger partial charge is 0.270 e.